The third kappa shape index (κ3) is 4.04. The largest absolute Gasteiger partial charge is 0.457 e. The molecule has 146 valence electrons. The van der Waals surface area contributed by atoms with Gasteiger partial charge in [0.15, 0.2) is 0 Å². The molecule has 0 saturated heterocycles. The molecule has 9 heteroatoms. The van der Waals surface area contributed by atoms with Crippen LogP contribution in [0.25, 0.3) is 11.0 Å². The van der Waals surface area contributed by atoms with Crippen LogP contribution < -0.4 is 10.1 Å². The van der Waals surface area contributed by atoms with Gasteiger partial charge in [-0.2, -0.15) is 0 Å². The number of halogens is 2. The number of anilines is 2. The van der Waals surface area contributed by atoms with Crippen LogP contribution in [0.4, 0.5) is 16.0 Å². The highest BCUT2D eigenvalue weighted by Crippen LogP contribution is 2.28. The second kappa shape index (κ2) is 7.88. The molecule has 4 aromatic rings. The summed E-state index contributed by atoms with van der Waals surface area (Å²) in [6.45, 7) is 0. The molecule has 0 fully saturated rings. The van der Waals surface area contributed by atoms with Crippen molar-refractivity contribution in [2.24, 2.45) is 12.2 Å². The van der Waals surface area contributed by atoms with E-state index in [0.29, 0.717) is 33.3 Å². The standard InChI is InChI=1S/C20H15BrFN5O2/c1-27-19-5-3-14(29-15-6-7-23-13(8-15)11-24-28)10-18(19)26-20(27)25-12-2-4-16(21)17(22)9-12/h2-11,28H,1H3,(H,25,26). The van der Waals surface area contributed by atoms with E-state index in [4.69, 9.17) is 9.94 Å². The second-order valence-corrected chi connectivity index (χ2v) is 7.02. The maximum atomic E-state index is 13.8. The summed E-state index contributed by atoms with van der Waals surface area (Å²) in [6, 6.07) is 13.7. The third-order valence-corrected chi connectivity index (χ3v) is 4.85. The van der Waals surface area contributed by atoms with Crippen LogP contribution in [0.1, 0.15) is 5.69 Å². The summed E-state index contributed by atoms with van der Waals surface area (Å²) in [7, 11) is 1.87. The van der Waals surface area contributed by atoms with Crippen molar-refractivity contribution in [2.45, 2.75) is 0 Å². The number of hydrogen-bond donors (Lipinski definition) is 2. The van der Waals surface area contributed by atoms with Crippen molar-refractivity contribution >= 4 is 44.8 Å². The number of ether oxygens (including phenoxy) is 1. The molecule has 0 spiro atoms. The Bertz CT molecular complexity index is 1220. The highest BCUT2D eigenvalue weighted by molar-refractivity contribution is 9.10. The predicted octanol–water partition coefficient (Wildman–Crippen LogP) is 5.21. The molecular formula is C20H15BrFN5O2. The minimum Gasteiger partial charge on any atom is -0.457 e. The number of aryl methyl sites for hydroxylation is 1. The first-order chi connectivity index (χ1) is 14.0. The SMILES string of the molecule is Cn1c(Nc2ccc(Br)c(F)c2)nc2cc(Oc3ccnc(C=NO)c3)ccc21. The number of fused-ring (bicyclic) bond motifs is 1. The minimum absolute atomic E-state index is 0.354. The quantitative estimate of drug-likeness (QED) is 0.245. The smallest absolute Gasteiger partial charge is 0.208 e. The van der Waals surface area contributed by atoms with Gasteiger partial charge in [-0.1, -0.05) is 5.16 Å². The van der Waals surface area contributed by atoms with Crippen LogP contribution in [0.15, 0.2) is 64.4 Å². The molecule has 0 saturated carbocycles. The van der Waals surface area contributed by atoms with Gasteiger partial charge in [-0.05, 0) is 52.3 Å². The lowest BCUT2D eigenvalue weighted by molar-refractivity contribution is 0.321. The van der Waals surface area contributed by atoms with Crippen LogP contribution >= 0.6 is 15.9 Å². The van der Waals surface area contributed by atoms with Crippen LogP contribution in [0.3, 0.4) is 0 Å². The Hall–Kier alpha value is -3.46. The molecule has 7 nitrogen and oxygen atoms in total. The Morgan fingerprint density at radius 3 is 2.79 bits per heavy atom. The van der Waals surface area contributed by atoms with Gasteiger partial charge in [0.05, 0.1) is 27.4 Å². The zero-order valence-electron chi connectivity index (χ0n) is 15.2. The van der Waals surface area contributed by atoms with Gasteiger partial charge < -0.3 is 19.8 Å². The van der Waals surface area contributed by atoms with E-state index in [0.717, 1.165) is 11.0 Å². The number of pyridine rings is 1. The zero-order valence-corrected chi connectivity index (χ0v) is 16.8. The molecular weight excluding hydrogens is 441 g/mol. The topological polar surface area (TPSA) is 84.6 Å². The van der Waals surface area contributed by atoms with Crippen LogP contribution in [-0.4, -0.2) is 26.0 Å². The summed E-state index contributed by atoms with van der Waals surface area (Å²) >= 11 is 3.14. The fourth-order valence-electron chi connectivity index (χ4n) is 2.82. The van der Waals surface area contributed by atoms with Crippen LogP contribution in [0, 0.1) is 5.82 Å². The number of rotatable bonds is 5. The van der Waals surface area contributed by atoms with Gasteiger partial charge in [0.25, 0.3) is 0 Å². The third-order valence-electron chi connectivity index (χ3n) is 4.21. The monoisotopic (exact) mass is 455 g/mol. The van der Waals surface area contributed by atoms with E-state index in [1.54, 1.807) is 30.5 Å². The molecule has 0 atom stereocenters. The summed E-state index contributed by atoms with van der Waals surface area (Å²) in [5, 5.41) is 14.7. The molecule has 2 N–H and O–H groups in total. The fraction of sp³-hybridized carbons (Fsp3) is 0.0500. The number of aromatic nitrogens is 3. The van der Waals surface area contributed by atoms with E-state index >= 15 is 0 Å². The van der Waals surface area contributed by atoms with Crippen molar-refractivity contribution in [2.75, 3.05) is 5.32 Å². The lowest BCUT2D eigenvalue weighted by Gasteiger charge is -2.07. The summed E-state index contributed by atoms with van der Waals surface area (Å²) in [5.41, 5.74) is 2.67. The molecule has 0 amide bonds. The highest BCUT2D eigenvalue weighted by atomic mass is 79.9. The Labute approximate surface area is 173 Å². The summed E-state index contributed by atoms with van der Waals surface area (Å²) in [6.07, 6.45) is 2.78. The van der Waals surface area contributed by atoms with Crippen molar-refractivity contribution in [3.05, 3.63) is 70.7 Å². The number of benzene rings is 2. The minimum atomic E-state index is -0.354. The normalized spacial score (nSPS) is 11.3. The maximum absolute atomic E-state index is 13.8. The van der Waals surface area contributed by atoms with Crippen LogP contribution in [0.5, 0.6) is 11.5 Å². The van der Waals surface area contributed by atoms with Gasteiger partial charge in [0.1, 0.15) is 17.3 Å². The maximum Gasteiger partial charge on any atom is 0.208 e. The van der Waals surface area contributed by atoms with E-state index in [2.05, 4.69) is 36.4 Å². The Morgan fingerprint density at radius 2 is 2.00 bits per heavy atom. The lowest BCUT2D eigenvalue weighted by Crippen LogP contribution is -1.99. The van der Waals surface area contributed by atoms with E-state index in [9.17, 15) is 4.39 Å². The number of nitrogens with one attached hydrogen (secondary N) is 1. The van der Waals surface area contributed by atoms with Gasteiger partial charge >= 0.3 is 0 Å². The molecule has 29 heavy (non-hydrogen) atoms. The number of imidazole rings is 1. The second-order valence-electron chi connectivity index (χ2n) is 6.16. The Kier molecular flexibility index (Phi) is 5.13. The van der Waals surface area contributed by atoms with E-state index in [-0.39, 0.29) is 5.82 Å². The Morgan fingerprint density at radius 1 is 1.17 bits per heavy atom. The van der Waals surface area contributed by atoms with Gasteiger partial charge in [0.2, 0.25) is 5.95 Å². The first-order valence-electron chi connectivity index (χ1n) is 8.53. The van der Waals surface area contributed by atoms with E-state index < -0.39 is 0 Å². The number of hydrogen-bond acceptors (Lipinski definition) is 6. The lowest BCUT2D eigenvalue weighted by atomic mass is 10.3. The van der Waals surface area contributed by atoms with Crippen LogP contribution in [0.2, 0.25) is 0 Å². The number of oxime groups is 1. The molecule has 0 radical (unpaired) electrons. The average Bonchev–Trinajstić information content (AvgIpc) is 3.00. The van der Waals surface area contributed by atoms with Crippen LogP contribution in [-0.2, 0) is 7.05 Å². The summed E-state index contributed by atoms with van der Waals surface area (Å²) in [4.78, 5) is 8.62. The Balaban J connectivity index is 1.61. The molecule has 2 aromatic carbocycles. The van der Waals surface area contributed by atoms with Crippen molar-refractivity contribution in [1.82, 2.24) is 14.5 Å². The molecule has 2 aromatic heterocycles. The molecule has 4 rings (SSSR count). The first kappa shape index (κ1) is 18.9. The first-order valence-corrected chi connectivity index (χ1v) is 9.32. The van der Waals surface area contributed by atoms with E-state index in [1.165, 1.54) is 12.3 Å². The van der Waals surface area contributed by atoms with Crippen molar-refractivity contribution < 1.29 is 14.3 Å². The van der Waals surface area contributed by atoms with Crippen molar-refractivity contribution in [3.63, 3.8) is 0 Å². The van der Waals surface area contributed by atoms with Gasteiger partial charge in [-0.3, -0.25) is 4.98 Å². The molecule has 0 unspecified atom stereocenters. The van der Waals surface area contributed by atoms with Gasteiger partial charge in [-0.25, -0.2) is 9.37 Å². The predicted molar refractivity (Wildman–Crippen MR) is 112 cm³/mol. The highest BCUT2D eigenvalue weighted by Gasteiger charge is 2.11. The van der Waals surface area contributed by atoms with Gasteiger partial charge in [-0.15, -0.1) is 0 Å². The average molecular weight is 456 g/mol. The van der Waals surface area contributed by atoms with Crippen molar-refractivity contribution in [3.8, 4) is 11.5 Å². The molecule has 0 bridgehead atoms. The molecule has 0 aliphatic carbocycles. The van der Waals surface area contributed by atoms with E-state index in [1.807, 2.05) is 29.8 Å². The zero-order chi connectivity index (χ0) is 20.4. The molecule has 2 heterocycles. The van der Waals surface area contributed by atoms with Crippen molar-refractivity contribution in [1.29, 1.82) is 0 Å². The number of nitrogens with zero attached hydrogens (tertiary/aromatic N) is 4. The summed E-state index contributed by atoms with van der Waals surface area (Å²) < 4.78 is 21.9. The molecule has 0 aliphatic rings. The summed E-state index contributed by atoms with van der Waals surface area (Å²) in [5.74, 6) is 1.36. The molecule has 0 aliphatic heterocycles. The fourth-order valence-corrected chi connectivity index (χ4v) is 3.06. The van der Waals surface area contributed by atoms with Gasteiger partial charge in [0, 0.05) is 31.1 Å².